The van der Waals surface area contributed by atoms with E-state index in [1.165, 1.54) is 0 Å². The molecule has 4 nitrogen and oxygen atoms in total. The molecule has 20 heavy (non-hydrogen) atoms. The third kappa shape index (κ3) is 4.20. The van der Waals surface area contributed by atoms with Crippen LogP contribution in [0.4, 0.5) is 5.82 Å². The Morgan fingerprint density at radius 3 is 2.75 bits per heavy atom. The minimum absolute atomic E-state index is 0.568. The van der Waals surface area contributed by atoms with Crippen molar-refractivity contribution in [2.75, 3.05) is 19.0 Å². The van der Waals surface area contributed by atoms with Crippen LogP contribution in [-0.2, 0) is 6.42 Å². The first kappa shape index (κ1) is 14.3. The van der Waals surface area contributed by atoms with Crippen molar-refractivity contribution in [3.63, 3.8) is 0 Å². The summed E-state index contributed by atoms with van der Waals surface area (Å²) in [6.07, 6.45) is 2.56. The van der Waals surface area contributed by atoms with E-state index < -0.39 is 0 Å². The van der Waals surface area contributed by atoms with Crippen LogP contribution in [0.3, 0.4) is 0 Å². The molecular weight excluding hydrogens is 270 g/mol. The Bertz CT molecular complexity index is 560. The Balaban J connectivity index is 1.79. The fourth-order valence-corrected chi connectivity index (χ4v) is 2.02. The molecule has 0 saturated heterocycles. The van der Waals surface area contributed by atoms with Gasteiger partial charge in [0.05, 0.1) is 7.11 Å². The van der Waals surface area contributed by atoms with Gasteiger partial charge in [0.1, 0.15) is 11.6 Å². The standard InChI is InChI=1S/C15H17N3OS/c1-19-13-7-3-2-6-12(13)9-11-17-15(20)18-14-8-4-5-10-16-14/h2-8,10H,9,11H2,1H3,(H2,16,17,18,20). The van der Waals surface area contributed by atoms with Gasteiger partial charge in [-0.2, -0.15) is 0 Å². The molecule has 1 aromatic heterocycles. The highest BCUT2D eigenvalue weighted by Crippen LogP contribution is 2.17. The van der Waals surface area contributed by atoms with E-state index in [9.17, 15) is 0 Å². The number of nitrogens with one attached hydrogen (secondary N) is 2. The van der Waals surface area contributed by atoms with Gasteiger partial charge < -0.3 is 15.4 Å². The topological polar surface area (TPSA) is 46.2 Å². The van der Waals surface area contributed by atoms with Crippen LogP contribution in [0.1, 0.15) is 5.56 Å². The van der Waals surface area contributed by atoms with Gasteiger partial charge >= 0.3 is 0 Å². The largest absolute Gasteiger partial charge is 0.496 e. The number of thiocarbonyl (C=S) groups is 1. The Kier molecular flexibility index (Phi) is 5.32. The second-order valence-electron chi connectivity index (χ2n) is 4.16. The lowest BCUT2D eigenvalue weighted by molar-refractivity contribution is 0.409. The molecule has 0 amide bonds. The van der Waals surface area contributed by atoms with Crippen LogP contribution in [0.5, 0.6) is 5.75 Å². The smallest absolute Gasteiger partial charge is 0.171 e. The van der Waals surface area contributed by atoms with Crippen molar-refractivity contribution in [2.45, 2.75) is 6.42 Å². The van der Waals surface area contributed by atoms with Gasteiger partial charge in [0.2, 0.25) is 0 Å². The molecule has 0 aliphatic heterocycles. The Hall–Kier alpha value is -2.14. The lowest BCUT2D eigenvalue weighted by atomic mass is 10.1. The van der Waals surface area contributed by atoms with Gasteiger partial charge in [0, 0.05) is 12.7 Å². The lowest BCUT2D eigenvalue weighted by Crippen LogP contribution is -2.30. The van der Waals surface area contributed by atoms with Crippen LogP contribution in [-0.4, -0.2) is 23.8 Å². The molecular formula is C15H17N3OS. The fourth-order valence-electron chi connectivity index (χ4n) is 1.82. The number of hydrogen-bond donors (Lipinski definition) is 2. The minimum Gasteiger partial charge on any atom is -0.496 e. The van der Waals surface area contributed by atoms with E-state index in [1.54, 1.807) is 13.3 Å². The van der Waals surface area contributed by atoms with Gasteiger partial charge in [0.25, 0.3) is 0 Å². The fraction of sp³-hybridized carbons (Fsp3) is 0.200. The van der Waals surface area contributed by atoms with Crippen LogP contribution >= 0.6 is 12.2 Å². The van der Waals surface area contributed by atoms with Gasteiger partial charge in [-0.3, -0.25) is 0 Å². The third-order valence-electron chi connectivity index (χ3n) is 2.78. The maximum absolute atomic E-state index is 5.31. The highest BCUT2D eigenvalue weighted by Gasteiger charge is 2.02. The molecule has 2 rings (SSSR count). The van der Waals surface area contributed by atoms with Crippen molar-refractivity contribution in [1.82, 2.24) is 10.3 Å². The van der Waals surface area contributed by atoms with Crippen molar-refractivity contribution in [3.05, 3.63) is 54.2 Å². The molecule has 0 fully saturated rings. The molecule has 0 radical (unpaired) electrons. The first-order valence-electron chi connectivity index (χ1n) is 6.37. The predicted molar refractivity (Wildman–Crippen MR) is 85.2 cm³/mol. The number of benzene rings is 1. The molecule has 0 atom stereocenters. The summed E-state index contributed by atoms with van der Waals surface area (Å²) >= 11 is 5.22. The van der Waals surface area contributed by atoms with E-state index in [-0.39, 0.29) is 0 Å². The lowest BCUT2D eigenvalue weighted by Gasteiger charge is -2.11. The summed E-state index contributed by atoms with van der Waals surface area (Å²) in [5.41, 5.74) is 1.16. The zero-order valence-corrected chi connectivity index (χ0v) is 12.1. The number of aromatic nitrogens is 1. The van der Waals surface area contributed by atoms with E-state index >= 15 is 0 Å². The number of anilines is 1. The molecule has 0 aliphatic rings. The molecule has 0 saturated carbocycles. The first-order chi connectivity index (χ1) is 9.79. The highest BCUT2D eigenvalue weighted by molar-refractivity contribution is 7.80. The monoisotopic (exact) mass is 287 g/mol. The zero-order chi connectivity index (χ0) is 14.2. The Labute approximate surface area is 124 Å². The van der Waals surface area contributed by atoms with Crippen LogP contribution < -0.4 is 15.4 Å². The quantitative estimate of drug-likeness (QED) is 0.828. The zero-order valence-electron chi connectivity index (χ0n) is 11.3. The van der Waals surface area contributed by atoms with Crippen molar-refractivity contribution in [2.24, 2.45) is 0 Å². The van der Waals surface area contributed by atoms with Crippen LogP contribution in [0.2, 0.25) is 0 Å². The molecule has 104 valence electrons. The van der Waals surface area contributed by atoms with Gasteiger partial charge in [0.15, 0.2) is 5.11 Å². The average Bonchev–Trinajstić information content (AvgIpc) is 2.49. The Morgan fingerprint density at radius 2 is 2.00 bits per heavy atom. The molecule has 1 heterocycles. The van der Waals surface area contributed by atoms with E-state index in [1.807, 2.05) is 36.4 Å². The summed E-state index contributed by atoms with van der Waals surface area (Å²) in [6, 6.07) is 13.6. The summed E-state index contributed by atoms with van der Waals surface area (Å²) in [4.78, 5) is 4.15. The molecule has 2 aromatic rings. The number of pyridine rings is 1. The highest BCUT2D eigenvalue weighted by atomic mass is 32.1. The number of hydrogen-bond acceptors (Lipinski definition) is 3. The normalized spacial score (nSPS) is 9.85. The second kappa shape index (κ2) is 7.45. The molecule has 2 N–H and O–H groups in total. The second-order valence-corrected chi connectivity index (χ2v) is 4.57. The SMILES string of the molecule is COc1ccccc1CCNC(=S)Nc1ccccn1. The van der Waals surface area contributed by atoms with Crippen LogP contribution in [0.15, 0.2) is 48.7 Å². The van der Waals surface area contributed by atoms with Gasteiger partial charge in [-0.1, -0.05) is 24.3 Å². The molecule has 0 unspecified atom stereocenters. The van der Waals surface area contributed by atoms with E-state index in [2.05, 4.69) is 21.7 Å². The van der Waals surface area contributed by atoms with E-state index in [0.717, 1.165) is 30.1 Å². The van der Waals surface area contributed by atoms with Gasteiger partial charge in [-0.25, -0.2) is 4.98 Å². The Morgan fingerprint density at radius 1 is 1.20 bits per heavy atom. The minimum atomic E-state index is 0.568. The number of ether oxygens (including phenoxy) is 1. The maximum Gasteiger partial charge on any atom is 0.171 e. The summed E-state index contributed by atoms with van der Waals surface area (Å²) in [5, 5.41) is 6.76. The number of para-hydroxylation sites is 1. The van der Waals surface area contributed by atoms with Crippen LogP contribution in [0, 0.1) is 0 Å². The molecule has 1 aromatic carbocycles. The van der Waals surface area contributed by atoms with Gasteiger partial charge in [-0.15, -0.1) is 0 Å². The van der Waals surface area contributed by atoms with Crippen molar-refractivity contribution in [1.29, 1.82) is 0 Å². The first-order valence-corrected chi connectivity index (χ1v) is 6.78. The van der Waals surface area contributed by atoms with Crippen molar-refractivity contribution in [3.8, 4) is 5.75 Å². The molecule has 0 aliphatic carbocycles. The number of rotatable bonds is 5. The van der Waals surface area contributed by atoms with E-state index in [4.69, 9.17) is 17.0 Å². The summed E-state index contributed by atoms with van der Waals surface area (Å²) in [5.74, 6) is 1.64. The van der Waals surface area contributed by atoms with Crippen LogP contribution in [0.25, 0.3) is 0 Å². The van der Waals surface area contributed by atoms with Crippen molar-refractivity contribution < 1.29 is 4.74 Å². The molecule has 0 bridgehead atoms. The average molecular weight is 287 g/mol. The summed E-state index contributed by atoms with van der Waals surface area (Å²) in [6.45, 7) is 0.735. The molecule has 0 spiro atoms. The predicted octanol–water partition coefficient (Wildman–Crippen LogP) is 2.62. The molecule has 5 heteroatoms. The third-order valence-corrected chi connectivity index (χ3v) is 3.03. The summed E-state index contributed by atoms with van der Waals surface area (Å²) in [7, 11) is 1.68. The van der Waals surface area contributed by atoms with Gasteiger partial charge in [-0.05, 0) is 42.4 Å². The number of methoxy groups -OCH3 is 1. The van der Waals surface area contributed by atoms with Crippen molar-refractivity contribution >= 4 is 23.1 Å². The maximum atomic E-state index is 5.31. The number of nitrogens with zero attached hydrogens (tertiary/aromatic N) is 1. The summed E-state index contributed by atoms with van der Waals surface area (Å²) < 4.78 is 5.31. The van der Waals surface area contributed by atoms with E-state index in [0.29, 0.717) is 5.11 Å².